The summed E-state index contributed by atoms with van der Waals surface area (Å²) in [5.41, 5.74) is 7.24. The second-order valence-electron chi connectivity index (χ2n) is 3.68. The molecule has 1 aromatic carbocycles. The van der Waals surface area contributed by atoms with E-state index < -0.39 is 0 Å². The Balaban J connectivity index is 2.57. The normalized spacial score (nSPS) is 12.9. The predicted molar refractivity (Wildman–Crippen MR) is 65.6 cm³/mol. The van der Waals surface area contributed by atoms with Gasteiger partial charge in [-0.15, -0.1) is 0 Å². The molecule has 0 radical (unpaired) electrons. The predicted octanol–water partition coefficient (Wildman–Crippen LogP) is 1.92. The molecular weight excluding hydrogens is 224 g/mol. The number of hydrogen-bond donors (Lipinski definition) is 2. The number of para-hydroxylation sites is 1. The largest absolute Gasteiger partial charge is 0.396 e. The lowest BCUT2D eigenvalue weighted by molar-refractivity contribution is 0.268. The van der Waals surface area contributed by atoms with Gasteiger partial charge in [0.05, 0.1) is 12.1 Å². The number of pyridine rings is 1. The van der Waals surface area contributed by atoms with Gasteiger partial charge in [-0.1, -0.05) is 29.8 Å². The lowest BCUT2D eigenvalue weighted by atomic mass is 10.0. The number of halogens is 1. The van der Waals surface area contributed by atoms with Crippen molar-refractivity contribution in [3.8, 4) is 0 Å². The molecule has 0 spiro atoms. The molecular formula is C12H13ClN2O. The third-order valence-corrected chi connectivity index (χ3v) is 2.95. The van der Waals surface area contributed by atoms with Crippen molar-refractivity contribution in [3.63, 3.8) is 0 Å². The van der Waals surface area contributed by atoms with Gasteiger partial charge in [0.1, 0.15) is 5.15 Å². The topological polar surface area (TPSA) is 59.1 Å². The SMILES string of the molecule is NCC(CO)c1cc2ccccc2nc1Cl. The molecule has 1 aromatic heterocycles. The van der Waals surface area contributed by atoms with Crippen LogP contribution in [-0.4, -0.2) is 23.2 Å². The summed E-state index contributed by atoms with van der Waals surface area (Å²) in [5.74, 6) is -0.149. The average molecular weight is 237 g/mol. The number of aliphatic hydroxyl groups excluding tert-OH is 1. The molecule has 84 valence electrons. The third kappa shape index (κ3) is 2.02. The fourth-order valence-electron chi connectivity index (χ4n) is 1.69. The molecule has 0 amide bonds. The number of fused-ring (bicyclic) bond motifs is 1. The zero-order chi connectivity index (χ0) is 11.5. The number of rotatable bonds is 3. The summed E-state index contributed by atoms with van der Waals surface area (Å²) < 4.78 is 0. The van der Waals surface area contributed by atoms with Crippen molar-refractivity contribution < 1.29 is 5.11 Å². The van der Waals surface area contributed by atoms with Crippen LogP contribution in [0.25, 0.3) is 10.9 Å². The molecule has 0 aliphatic heterocycles. The monoisotopic (exact) mass is 236 g/mol. The first-order valence-electron chi connectivity index (χ1n) is 5.12. The smallest absolute Gasteiger partial charge is 0.133 e. The number of nitrogens with two attached hydrogens (primary N) is 1. The van der Waals surface area contributed by atoms with E-state index in [4.69, 9.17) is 17.3 Å². The molecule has 0 aliphatic rings. The number of nitrogens with zero attached hydrogens (tertiary/aromatic N) is 1. The molecule has 0 bridgehead atoms. The number of aliphatic hydroxyl groups is 1. The molecule has 0 aliphatic carbocycles. The highest BCUT2D eigenvalue weighted by molar-refractivity contribution is 6.30. The van der Waals surface area contributed by atoms with Crippen LogP contribution in [0.2, 0.25) is 5.15 Å². The number of benzene rings is 1. The van der Waals surface area contributed by atoms with Gasteiger partial charge in [0.15, 0.2) is 0 Å². The third-order valence-electron chi connectivity index (χ3n) is 2.65. The van der Waals surface area contributed by atoms with Gasteiger partial charge in [0.25, 0.3) is 0 Å². The van der Waals surface area contributed by atoms with E-state index in [0.717, 1.165) is 16.5 Å². The molecule has 3 nitrogen and oxygen atoms in total. The van der Waals surface area contributed by atoms with Crippen LogP contribution in [0.4, 0.5) is 0 Å². The lowest BCUT2D eigenvalue weighted by Crippen LogP contribution is -2.16. The van der Waals surface area contributed by atoms with Gasteiger partial charge in [0.2, 0.25) is 0 Å². The van der Waals surface area contributed by atoms with Crippen molar-refractivity contribution in [2.24, 2.45) is 5.73 Å². The van der Waals surface area contributed by atoms with E-state index in [1.807, 2.05) is 30.3 Å². The molecule has 1 heterocycles. The van der Waals surface area contributed by atoms with E-state index in [9.17, 15) is 5.11 Å². The highest BCUT2D eigenvalue weighted by Gasteiger charge is 2.14. The number of hydrogen-bond acceptors (Lipinski definition) is 3. The quantitative estimate of drug-likeness (QED) is 0.801. The van der Waals surface area contributed by atoms with Crippen LogP contribution in [0.1, 0.15) is 11.5 Å². The van der Waals surface area contributed by atoms with Gasteiger partial charge in [-0.3, -0.25) is 0 Å². The fourth-order valence-corrected chi connectivity index (χ4v) is 1.99. The Labute approximate surface area is 98.9 Å². The van der Waals surface area contributed by atoms with Crippen molar-refractivity contribution in [2.45, 2.75) is 5.92 Å². The summed E-state index contributed by atoms with van der Waals surface area (Å²) in [4.78, 5) is 4.29. The van der Waals surface area contributed by atoms with Gasteiger partial charge in [-0.2, -0.15) is 0 Å². The minimum atomic E-state index is -0.149. The van der Waals surface area contributed by atoms with Gasteiger partial charge in [0, 0.05) is 17.8 Å². The van der Waals surface area contributed by atoms with Crippen LogP contribution >= 0.6 is 11.6 Å². The van der Waals surface area contributed by atoms with Crippen LogP contribution in [0, 0.1) is 0 Å². The van der Waals surface area contributed by atoms with E-state index >= 15 is 0 Å². The molecule has 2 rings (SSSR count). The minimum absolute atomic E-state index is 0.0176. The Hall–Kier alpha value is -1.16. The van der Waals surface area contributed by atoms with Crippen LogP contribution in [0.3, 0.4) is 0 Å². The van der Waals surface area contributed by atoms with Gasteiger partial charge < -0.3 is 10.8 Å². The zero-order valence-electron chi connectivity index (χ0n) is 8.73. The Morgan fingerprint density at radius 1 is 1.38 bits per heavy atom. The van der Waals surface area contributed by atoms with E-state index in [2.05, 4.69) is 4.98 Å². The Morgan fingerprint density at radius 3 is 2.81 bits per heavy atom. The second kappa shape index (κ2) is 4.78. The zero-order valence-corrected chi connectivity index (χ0v) is 9.48. The summed E-state index contributed by atoms with van der Waals surface area (Å²) in [7, 11) is 0. The van der Waals surface area contributed by atoms with Gasteiger partial charge >= 0.3 is 0 Å². The highest BCUT2D eigenvalue weighted by atomic mass is 35.5. The average Bonchev–Trinajstić information content (AvgIpc) is 2.31. The van der Waals surface area contributed by atoms with E-state index in [1.165, 1.54) is 0 Å². The molecule has 4 heteroatoms. The van der Waals surface area contributed by atoms with E-state index in [1.54, 1.807) is 0 Å². The fraction of sp³-hybridized carbons (Fsp3) is 0.250. The summed E-state index contributed by atoms with van der Waals surface area (Å²) >= 11 is 6.08. The minimum Gasteiger partial charge on any atom is -0.396 e. The van der Waals surface area contributed by atoms with Crippen LogP contribution in [0.5, 0.6) is 0 Å². The standard InChI is InChI=1S/C12H13ClN2O/c13-12-10(9(6-14)7-16)5-8-3-1-2-4-11(8)15-12/h1-5,9,16H,6-7,14H2. The molecule has 0 saturated heterocycles. The maximum atomic E-state index is 9.21. The molecule has 16 heavy (non-hydrogen) atoms. The highest BCUT2D eigenvalue weighted by Crippen LogP contribution is 2.26. The van der Waals surface area contributed by atoms with Crippen LogP contribution in [-0.2, 0) is 0 Å². The van der Waals surface area contributed by atoms with Crippen LogP contribution < -0.4 is 5.73 Å². The Kier molecular flexibility index (Phi) is 3.39. The second-order valence-corrected chi connectivity index (χ2v) is 4.03. The summed E-state index contributed by atoms with van der Waals surface area (Å²) in [6, 6.07) is 9.67. The van der Waals surface area contributed by atoms with Crippen molar-refractivity contribution in [1.82, 2.24) is 4.98 Å². The maximum Gasteiger partial charge on any atom is 0.133 e. The Bertz CT molecular complexity index is 497. The molecule has 3 N–H and O–H groups in total. The number of aromatic nitrogens is 1. The molecule has 1 atom stereocenters. The Morgan fingerprint density at radius 2 is 2.12 bits per heavy atom. The van der Waals surface area contributed by atoms with E-state index in [0.29, 0.717) is 11.7 Å². The first-order chi connectivity index (χ1) is 7.76. The van der Waals surface area contributed by atoms with Crippen molar-refractivity contribution in [2.75, 3.05) is 13.2 Å². The van der Waals surface area contributed by atoms with Crippen molar-refractivity contribution in [3.05, 3.63) is 41.0 Å². The van der Waals surface area contributed by atoms with Crippen molar-refractivity contribution in [1.29, 1.82) is 0 Å². The van der Waals surface area contributed by atoms with E-state index in [-0.39, 0.29) is 12.5 Å². The molecule has 2 aromatic rings. The molecule has 1 unspecified atom stereocenters. The lowest BCUT2D eigenvalue weighted by Gasteiger charge is -2.13. The van der Waals surface area contributed by atoms with Gasteiger partial charge in [-0.05, 0) is 17.7 Å². The van der Waals surface area contributed by atoms with Crippen LogP contribution in [0.15, 0.2) is 30.3 Å². The summed E-state index contributed by atoms with van der Waals surface area (Å²) in [5, 5.41) is 10.6. The molecule has 0 fully saturated rings. The van der Waals surface area contributed by atoms with Crippen molar-refractivity contribution >= 4 is 22.5 Å². The maximum absolute atomic E-state index is 9.21. The summed E-state index contributed by atoms with van der Waals surface area (Å²) in [6.07, 6.45) is 0. The first kappa shape index (κ1) is 11.3. The molecule has 0 saturated carbocycles. The van der Waals surface area contributed by atoms with Gasteiger partial charge in [-0.25, -0.2) is 4.98 Å². The summed E-state index contributed by atoms with van der Waals surface area (Å²) in [6.45, 7) is 0.340. The first-order valence-corrected chi connectivity index (χ1v) is 5.50.